The van der Waals surface area contributed by atoms with Gasteiger partial charge in [0, 0.05) is 31.6 Å². The van der Waals surface area contributed by atoms with Crippen molar-refractivity contribution < 1.29 is 4.79 Å². The molecule has 2 unspecified atom stereocenters. The molecule has 2 fully saturated rings. The molecule has 8 heteroatoms. The average Bonchev–Trinajstić information content (AvgIpc) is 3.24. The fourth-order valence-corrected chi connectivity index (χ4v) is 4.52. The second kappa shape index (κ2) is 8.80. The molecular formula is C20H27Cl2N5O. The molecule has 2 saturated heterocycles. The smallest absolute Gasteiger partial charge is 0.293 e. The first-order valence-corrected chi connectivity index (χ1v) is 10.2. The van der Waals surface area contributed by atoms with Crippen molar-refractivity contribution in [3.63, 3.8) is 0 Å². The quantitative estimate of drug-likeness (QED) is 0.796. The first-order valence-electron chi connectivity index (χ1n) is 9.81. The summed E-state index contributed by atoms with van der Waals surface area (Å²) in [5.41, 5.74) is 0.761. The highest BCUT2D eigenvalue weighted by Crippen LogP contribution is 2.30. The molecule has 2 bridgehead atoms. The van der Waals surface area contributed by atoms with Crippen LogP contribution in [0.3, 0.4) is 0 Å². The number of aryl methyl sites for hydroxylation is 1. The molecule has 0 radical (unpaired) electrons. The van der Waals surface area contributed by atoms with Crippen LogP contribution in [0, 0.1) is 0 Å². The summed E-state index contributed by atoms with van der Waals surface area (Å²) in [5.74, 6) is 0.920. The summed E-state index contributed by atoms with van der Waals surface area (Å²) in [6, 6.07) is 8.84. The van der Waals surface area contributed by atoms with E-state index in [1.165, 1.54) is 12.8 Å². The topological polar surface area (TPSA) is 63.1 Å². The summed E-state index contributed by atoms with van der Waals surface area (Å²) in [6.45, 7) is 2.09. The lowest BCUT2D eigenvalue weighted by Gasteiger charge is -2.35. The van der Waals surface area contributed by atoms with Crippen LogP contribution in [0.1, 0.15) is 55.5 Å². The molecule has 1 amide bonds. The van der Waals surface area contributed by atoms with Crippen LogP contribution < -0.4 is 5.32 Å². The Morgan fingerprint density at radius 1 is 1.29 bits per heavy atom. The van der Waals surface area contributed by atoms with Gasteiger partial charge in [-0.15, -0.1) is 17.5 Å². The number of aromatic nitrogens is 3. The zero-order valence-corrected chi connectivity index (χ0v) is 17.8. The van der Waals surface area contributed by atoms with E-state index in [2.05, 4.69) is 22.3 Å². The van der Waals surface area contributed by atoms with E-state index in [0.717, 1.165) is 37.2 Å². The molecule has 2 aromatic rings. The van der Waals surface area contributed by atoms with Crippen LogP contribution in [-0.2, 0) is 6.42 Å². The second-order valence-electron chi connectivity index (χ2n) is 7.64. The van der Waals surface area contributed by atoms with Crippen LogP contribution in [0.15, 0.2) is 24.3 Å². The lowest BCUT2D eigenvalue weighted by atomic mass is 9.98. The number of piperidine rings is 1. The van der Waals surface area contributed by atoms with Gasteiger partial charge in [-0.2, -0.15) is 0 Å². The molecule has 1 aromatic carbocycles. The summed E-state index contributed by atoms with van der Waals surface area (Å²) in [7, 11) is 1.88. The third-order valence-corrected chi connectivity index (χ3v) is 6.06. The first kappa shape index (κ1) is 21.1. The fourth-order valence-electron chi connectivity index (χ4n) is 4.30. The Labute approximate surface area is 177 Å². The number of hydrogen-bond acceptors (Lipinski definition) is 4. The summed E-state index contributed by atoms with van der Waals surface area (Å²) in [6.07, 6.45) is 6.10. The summed E-state index contributed by atoms with van der Waals surface area (Å²) in [4.78, 5) is 19.5. The zero-order valence-electron chi connectivity index (χ0n) is 16.3. The van der Waals surface area contributed by atoms with Gasteiger partial charge in [0.1, 0.15) is 5.82 Å². The Balaban J connectivity index is 0.00000225. The summed E-state index contributed by atoms with van der Waals surface area (Å²) >= 11 is 6.35. The van der Waals surface area contributed by atoms with Crippen LogP contribution in [0.2, 0.25) is 5.02 Å². The van der Waals surface area contributed by atoms with Crippen LogP contribution in [0.4, 0.5) is 0 Å². The molecule has 2 atom stereocenters. The molecular weight excluding hydrogens is 397 g/mol. The highest BCUT2D eigenvalue weighted by molar-refractivity contribution is 6.32. The molecule has 1 aromatic heterocycles. The molecule has 0 aliphatic carbocycles. The van der Waals surface area contributed by atoms with Gasteiger partial charge >= 0.3 is 0 Å². The molecule has 1 N–H and O–H groups in total. The van der Waals surface area contributed by atoms with Gasteiger partial charge in [-0.1, -0.05) is 30.7 Å². The van der Waals surface area contributed by atoms with E-state index < -0.39 is 0 Å². The lowest BCUT2D eigenvalue weighted by Crippen LogP contribution is -2.48. The van der Waals surface area contributed by atoms with Crippen molar-refractivity contribution >= 4 is 29.9 Å². The zero-order chi connectivity index (χ0) is 19.0. The summed E-state index contributed by atoms with van der Waals surface area (Å²) in [5, 5.41) is 8.77. The van der Waals surface area contributed by atoms with Gasteiger partial charge in [0.2, 0.25) is 5.82 Å². The van der Waals surface area contributed by atoms with E-state index in [-0.39, 0.29) is 30.2 Å². The number of rotatable bonds is 5. The van der Waals surface area contributed by atoms with Crippen LogP contribution in [0.25, 0.3) is 5.69 Å². The number of halogens is 2. The molecule has 4 rings (SSSR count). The monoisotopic (exact) mass is 423 g/mol. The van der Waals surface area contributed by atoms with Gasteiger partial charge in [0.25, 0.3) is 5.91 Å². The number of nitrogens with one attached hydrogen (secondary N) is 1. The van der Waals surface area contributed by atoms with Crippen LogP contribution >= 0.6 is 24.0 Å². The minimum absolute atomic E-state index is 0. The molecule has 0 spiro atoms. The van der Waals surface area contributed by atoms with Gasteiger partial charge in [-0.05, 0) is 44.2 Å². The number of hydrogen-bond donors (Lipinski definition) is 1. The average molecular weight is 424 g/mol. The van der Waals surface area contributed by atoms with Crippen molar-refractivity contribution in [2.24, 2.45) is 0 Å². The Kier molecular flexibility index (Phi) is 6.63. The fraction of sp³-hybridized carbons (Fsp3) is 0.550. The maximum Gasteiger partial charge on any atom is 0.293 e. The number of fused-ring (bicyclic) bond motifs is 2. The number of benzene rings is 1. The van der Waals surface area contributed by atoms with Crippen molar-refractivity contribution in [3.05, 3.63) is 40.9 Å². The Bertz CT molecular complexity index is 828. The van der Waals surface area contributed by atoms with Crippen LogP contribution in [0.5, 0.6) is 0 Å². The lowest BCUT2D eigenvalue weighted by molar-refractivity contribution is 0.0669. The van der Waals surface area contributed by atoms with Gasteiger partial charge in [-0.25, -0.2) is 9.67 Å². The van der Waals surface area contributed by atoms with Crippen molar-refractivity contribution in [1.82, 2.24) is 25.0 Å². The molecule has 6 nitrogen and oxygen atoms in total. The van der Waals surface area contributed by atoms with E-state index in [9.17, 15) is 4.79 Å². The maximum absolute atomic E-state index is 13.1. The predicted octanol–water partition coefficient (Wildman–Crippen LogP) is 3.65. The molecule has 3 heterocycles. The van der Waals surface area contributed by atoms with E-state index in [1.807, 2.05) is 36.2 Å². The minimum atomic E-state index is -0.107. The largest absolute Gasteiger partial charge is 0.336 e. The Morgan fingerprint density at radius 3 is 2.61 bits per heavy atom. The summed E-state index contributed by atoms with van der Waals surface area (Å²) < 4.78 is 1.72. The number of amides is 1. The second-order valence-corrected chi connectivity index (χ2v) is 8.05. The van der Waals surface area contributed by atoms with Crippen molar-refractivity contribution in [2.45, 2.75) is 63.6 Å². The highest BCUT2D eigenvalue weighted by Gasteiger charge is 2.37. The maximum atomic E-state index is 13.1. The SMILES string of the molecule is CCCc1nc(C(=O)N(C)C2CC3CCC(C2)N3)nn1-c1ccccc1Cl.Cl. The number of carbonyl (C=O) groups excluding carboxylic acids is 1. The number of para-hydroxylation sites is 1. The van der Waals surface area contributed by atoms with Gasteiger partial charge in [-0.3, -0.25) is 4.79 Å². The van der Waals surface area contributed by atoms with Crippen LogP contribution in [-0.4, -0.2) is 50.7 Å². The third kappa shape index (κ3) is 4.04. The van der Waals surface area contributed by atoms with Gasteiger partial charge in [0.05, 0.1) is 10.7 Å². The van der Waals surface area contributed by atoms with E-state index in [1.54, 1.807) is 4.68 Å². The van der Waals surface area contributed by atoms with E-state index in [0.29, 0.717) is 17.1 Å². The number of carbonyl (C=O) groups is 1. The highest BCUT2D eigenvalue weighted by atomic mass is 35.5. The standard InChI is InChI=1S/C20H26ClN5O.ClH/c1-3-6-18-23-19(24-26(18)17-8-5-4-7-16(17)21)20(27)25(2)15-11-13-9-10-14(12-15)22-13;/h4-5,7-8,13-15,22H,3,6,9-12H2,1-2H3;1H. The predicted molar refractivity (Wildman–Crippen MR) is 113 cm³/mol. The molecule has 152 valence electrons. The van der Waals surface area contributed by atoms with E-state index >= 15 is 0 Å². The number of nitrogens with zero attached hydrogens (tertiary/aromatic N) is 4. The van der Waals surface area contributed by atoms with Crippen molar-refractivity contribution in [2.75, 3.05) is 7.05 Å². The van der Waals surface area contributed by atoms with Crippen molar-refractivity contribution in [3.8, 4) is 5.69 Å². The third-order valence-electron chi connectivity index (χ3n) is 5.74. The Hall–Kier alpha value is -1.63. The first-order chi connectivity index (χ1) is 13.1. The van der Waals surface area contributed by atoms with Gasteiger partial charge < -0.3 is 10.2 Å². The van der Waals surface area contributed by atoms with Gasteiger partial charge in [0.15, 0.2) is 0 Å². The molecule has 0 saturated carbocycles. The van der Waals surface area contributed by atoms with Crippen molar-refractivity contribution in [1.29, 1.82) is 0 Å². The minimum Gasteiger partial charge on any atom is -0.336 e. The Morgan fingerprint density at radius 2 is 1.96 bits per heavy atom. The molecule has 2 aliphatic rings. The molecule has 28 heavy (non-hydrogen) atoms. The van der Waals surface area contributed by atoms with E-state index in [4.69, 9.17) is 11.6 Å². The molecule has 2 aliphatic heterocycles. The normalized spacial score (nSPS) is 23.3.